The molecule has 2 fully saturated rings. The molecule has 1 aliphatic heterocycles. The smallest absolute Gasteiger partial charge is 0.415 e. The van der Waals surface area contributed by atoms with Crippen LogP contribution in [0.25, 0.3) is 0 Å². The van der Waals surface area contributed by atoms with E-state index >= 15 is 0 Å². The van der Waals surface area contributed by atoms with Crippen LogP contribution in [0.3, 0.4) is 0 Å². The van der Waals surface area contributed by atoms with Gasteiger partial charge >= 0.3 is 6.09 Å². The van der Waals surface area contributed by atoms with Crippen molar-refractivity contribution in [3.05, 3.63) is 89.9 Å². The summed E-state index contributed by atoms with van der Waals surface area (Å²) in [6, 6.07) is 18.3. The van der Waals surface area contributed by atoms with E-state index in [-0.39, 0.29) is 18.2 Å². The molecule has 13 heteroatoms. The molecule has 2 aliphatic rings. The first-order chi connectivity index (χ1) is 21.6. The van der Waals surface area contributed by atoms with Crippen LogP contribution in [0.5, 0.6) is 0 Å². The van der Waals surface area contributed by atoms with E-state index in [9.17, 15) is 27.6 Å². The average Bonchev–Trinajstić information content (AvgIpc) is 3.37. The first-order valence-corrected chi connectivity index (χ1v) is 13.9. The highest BCUT2D eigenvalue weighted by molar-refractivity contribution is 5.92. The Kier molecular flexibility index (Phi) is 12.0. The Bertz CT molecular complexity index is 1520. The Labute approximate surface area is 258 Å². The number of carbonyl (C=O) groups is 3. The molecule has 1 saturated heterocycles. The van der Waals surface area contributed by atoms with Gasteiger partial charge in [-0.3, -0.25) is 14.5 Å². The van der Waals surface area contributed by atoms with Gasteiger partial charge in [-0.05, 0) is 55.7 Å². The number of benzene rings is 2. The van der Waals surface area contributed by atoms with E-state index in [0.717, 1.165) is 16.5 Å². The van der Waals surface area contributed by atoms with Crippen LogP contribution in [0, 0.1) is 29.0 Å². The molecule has 3 amide bonds. The summed E-state index contributed by atoms with van der Waals surface area (Å²) in [4.78, 5) is 42.5. The summed E-state index contributed by atoms with van der Waals surface area (Å²) < 4.78 is 44.6. The van der Waals surface area contributed by atoms with Gasteiger partial charge in [0.1, 0.15) is 24.3 Å². The number of hydrogen-bond acceptors (Lipinski definition) is 7. The lowest BCUT2D eigenvalue weighted by Crippen LogP contribution is -2.56. The zero-order valence-electron chi connectivity index (χ0n) is 24.4. The van der Waals surface area contributed by atoms with Crippen LogP contribution in [0.4, 0.5) is 29.5 Å². The minimum absolute atomic E-state index is 0.0426. The van der Waals surface area contributed by atoms with E-state index < -0.39 is 48.7 Å². The fraction of sp³-hybridized carbons (Fsp3) is 0.312. The molecule has 0 bridgehead atoms. The molecule has 1 saturated carbocycles. The third-order valence-corrected chi connectivity index (χ3v) is 7.05. The van der Waals surface area contributed by atoms with Gasteiger partial charge in [0, 0.05) is 37.3 Å². The fourth-order valence-electron chi connectivity index (χ4n) is 4.81. The molecule has 2 aromatic carbocycles. The van der Waals surface area contributed by atoms with Crippen LogP contribution >= 0.6 is 0 Å². The van der Waals surface area contributed by atoms with Crippen molar-refractivity contribution in [2.75, 3.05) is 16.4 Å². The number of ether oxygens (including phenoxy) is 1. The zero-order valence-corrected chi connectivity index (χ0v) is 24.4. The van der Waals surface area contributed by atoms with E-state index in [0.29, 0.717) is 30.8 Å². The maximum atomic E-state index is 13.6. The average molecular weight is 621 g/mol. The van der Waals surface area contributed by atoms with Crippen molar-refractivity contribution >= 4 is 29.9 Å². The first-order valence-electron chi connectivity index (χ1n) is 13.9. The van der Waals surface area contributed by atoms with E-state index in [1.54, 1.807) is 12.1 Å². The zero-order chi connectivity index (χ0) is 33.0. The predicted molar refractivity (Wildman–Crippen MR) is 159 cm³/mol. The van der Waals surface area contributed by atoms with E-state index in [1.807, 2.05) is 43.3 Å². The SMILES string of the molecule is C#N.C[C@@H]1COC(=O)N1c1cc(C#N)ccn1.O=CN(c1cccc(F)c1)C(CCc1ccccc1)C(=O)NC1CC(F)(F)C1. The number of hydrogen-bond donors (Lipinski definition) is 1. The summed E-state index contributed by atoms with van der Waals surface area (Å²) in [5.74, 6) is -3.35. The molecule has 234 valence electrons. The maximum Gasteiger partial charge on any atom is 0.415 e. The van der Waals surface area contributed by atoms with Gasteiger partial charge in [-0.25, -0.2) is 28.2 Å². The number of nitrogens with one attached hydrogen (secondary N) is 1. The van der Waals surface area contributed by atoms with Crippen LogP contribution in [0.15, 0.2) is 72.9 Å². The predicted octanol–water partition coefficient (Wildman–Crippen LogP) is 5.14. The number of aromatic nitrogens is 1. The molecular weight excluding hydrogens is 589 g/mol. The van der Waals surface area contributed by atoms with Crippen LogP contribution < -0.4 is 15.1 Å². The van der Waals surface area contributed by atoms with Gasteiger partial charge in [0.25, 0.3) is 5.92 Å². The molecular formula is C32H31F3N6O4. The van der Waals surface area contributed by atoms with Crippen molar-refractivity contribution < 1.29 is 32.3 Å². The monoisotopic (exact) mass is 620 g/mol. The normalized spacial score (nSPS) is 17.0. The van der Waals surface area contributed by atoms with E-state index in [2.05, 4.69) is 16.9 Å². The second kappa shape index (κ2) is 15.9. The lowest BCUT2D eigenvalue weighted by Gasteiger charge is -2.37. The standard InChI is InChI=1S/C21H21F3N2O2.C10H9N3O2.CHN/c22-16-7-4-8-18(11-16)26(14-27)19(10-9-15-5-2-1-3-6-15)20(28)25-17-12-21(23,24)13-17;1-7-6-15-10(14)13(7)9-4-8(5-11)2-3-12-9;1-2/h1-8,11,14,17,19H,9-10,12-13H2,(H,25,28);2-4,7H,6H2,1H3;1H/t;7-;/m.1./s1. The highest BCUT2D eigenvalue weighted by atomic mass is 19.3. The maximum absolute atomic E-state index is 13.6. The van der Waals surface area contributed by atoms with Crippen molar-refractivity contribution in [1.29, 1.82) is 10.5 Å². The minimum atomic E-state index is -2.76. The summed E-state index contributed by atoms with van der Waals surface area (Å²) in [6.07, 6.45) is 1.51. The lowest BCUT2D eigenvalue weighted by molar-refractivity contribution is -0.131. The number of anilines is 2. The molecule has 2 atom stereocenters. The number of amides is 3. The number of pyridine rings is 1. The van der Waals surface area contributed by atoms with Gasteiger partial charge in [-0.1, -0.05) is 36.4 Å². The highest BCUT2D eigenvalue weighted by Gasteiger charge is 2.46. The summed E-state index contributed by atoms with van der Waals surface area (Å²) in [6.45, 7) is 5.73. The molecule has 10 nitrogen and oxygen atoms in total. The van der Waals surface area contributed by atoms with Gasteiger partial charge in [-0.15, -0.1) is 0 Å². The molecule has 2 heterocycles. The van der Waals surface area contributed by atoms with Crippen LogP contribution in [0.2, 0.25) is 0 Å². The number of nitriles is 2. The summed E-state index contributed by atoms with van der Waals surface area (Å²) in [5.41, 5.74) is 1.69. The Morgan fingerprint density at radius 2 is 1.91 bits per heavy atom. The van der Waals surface area contributed by atoms with Gasteiger partial charge in [0.05, 0.1) is 17.7 Å². The Hall–Kier alpha value is -5.43. The molecule has 0 radical (unpaired) electrons. The number of aryl methyl sites for hydroxylation is 1. The molecule has 45 heavy (non-hydrogen) atoms. The summed E-state index contributed by atoms with van der Waals surface area (Å²) in [5, 5.41) is 17.8. The number of nitrogens with zero attached hydrogens (tertiary/aromatic N) is 5. The van der Waals surface area contributed by atoms with Gasteiger partial charge in [0.15, 0.2) is 0 Å². The number of halogens is 3. The largest absolute Gasteiger partial charge is 0.447 e. The quantitative estimate of drug-likeness (QED) is 0.327. The topological polar surface area (TPSA) is 139 Å². The van der Waals surface area contributed by atoms with Crippen LogP contribution in [0.1, 0.15) is 37.3 Å². The number of cyclic esters (lactones) is 1. The molecule has 5 rings (SSSR count). The summed E-state index contributed by atoms with van der Waals surface area (Å²) in [7, 11) is 0. The number of rotatable bonds is 9. The van der Waals surface area contributed by atoms with E-state index in [4.69, 9.17) is 15.3 Å². The van der Waals surface area contributed by atoms with Gasteiger partial charge < -0.3 is 15.0 Å². The number of carbonyl (C=O) groups excluding carboxylic acids is 3. The Morgan fingerprint density at radius 3 is 2.49 bits per heavy atom. The molecule has 1 unspecified atom stereocenters. The Balaban J connectivity index is 0.000000273. The number of alkyl halides is 2. The fourth-order valence-corrected chi connectivity index (χ4v) is 4.81. The second-order valence-electron chi connectivity index (χ2n) is 10.3. The third-order valence-electron chi connectivity index (χ3n) is 7.05. The second-order valence-corrected chi connectivity index (χ2v) is 10.3. The van der Waals surface area contributed by atoms with Crippen LogP contribution in [-0.4, -0.2) is 54.0 Å². The minimum Gasteiger partial charge on any atom is -0.447 e. The Morgan fingerprint density at radius 1 is 1.20 bits per heavy atom. The van der Waals surface area contributed by atoms with Crippen molar-refractivity contribution in [2.45, 2.75) is 56.7 Å². The molecule has 0 spiro atoms. The van der Waals surface area contributed by atoms with Gasteiger partial charge in [0.2, 0.25) is 12.3 Å². The third kappa shape index (κ3) is 9.28. The van der Waals surface area contributed by atoms with Crippen LogP contribution in [-0.2, 0) is 20.7 Å². The first kappa shape index (κ1) is 34.1. The molecule has 1 aromatic heterocycles. The van der Waals surface area contributed by atoms with Crippen molar-refractivity contribution in [1.82, 2.24) is 10.3 Å². The summed E-state index contributed by atoms with van der Waals surface area (Å²) >= 11 is 0. The van der Waals surface area contributed by atoms with Crippen molar-refractivity contribution in [2.24, 2.45) is 0 Å². The molecule has 3 aromatic rings. The molecule has 1 N–H and O–H groups in total. The highest BCUT2D eigenvalue weighted by Crippen LogP contribution is 2.37. The molecule has 1 aliphatic carbocycles. The van der Waals surface area contributed by atoms with Crippen molar-refractivity contribution in [3.63, 3.8) is 0 Å². The van der Waals surface area contributed by atoms with Crippen molar-refractivity contribution in [3.8, 4) is 12.6 Å². The lowest BCUT2D eigenvalue weighted by atomic mass is 9.88. The van der Waals surface area contributed by atoms with Gasteiger partial charge in [-0.2, -0.15) is 5.26 Å². The van der Waals surface area contributed by atoms with E-state index in [1.165, 1.54) is 29.3 Å².